The molecular weight excluding hydrogens is 332 g/mol. The van der Waals surface area contributed by atoms with E-state index >= 15 is 0 Å². The van der Waals surface area contributed by atoms with Crippen molar-refractivity contribution in [2.45, 2.75) is 20.3 Å². The minimum absolute atomic E-state index is 0.0526. The van der Waals surface area contributed by atoms with E-state index in [4.69, 9.17) is 0 Å². The molecule has 0 aliphatic carbocycles. The van der Waals surface area contributed by atoms with Gasteiger partial charge in [-0.1, -0.05) is 25.1 Å². The molecule has 0 aliphatic rings. The molecule has 2 rings (SSSR count). The number of quaternary nitrogens is 1. The lowest BCUT2D eigenvalue weighted by atomic mass is 10.1. The Balaban J connectivity index is 2.61. The molecule has 7 nitrogen and oxygen atoms in total. The first kappa shape index (κ1) is 19.7. The Morgan fingerprint density at radius 2 is 1.88 bits per heavy atom. The zero-order valence-corrected chi connectivity index (χ0v) is 16.0. The van der Waals surface area contributed by atoms with E-state index in [0.717, 1.165) is 21.2 Å². The molecular formula is C19H27N4O3+. The second kappa shape index (κ2) is 7.70. The highest BCUT2D eigenvalue weighted by molar-refractivity contribution is 6.02. The fourth-order valence-electron chi connectivity index (χ4n) is 2.68. The number of nitrogens with one attached hydrogen (secondary N) is 1. The van der Waals surface area contributed by atoms with Gasteiger partial charge in [-0.25, -0.2) is 9.36 Å². The molecule has 0 radical (unpaired) electrons. The molecule has 0 fully saturated rings. The molecule has 0 saturated carbocycles. The van der Waals surface area contributed by atoms with Crippen LogP contribution in [0.25, 0.3) is 5.69 Å². The smallest absolute Gasteiger partial charge is 0.335 e. The van der Waals surface area contributed by atoms with Crippen molar-refractivity contribution in [3.63, 3.8) is 0 Å². The minimum Gasteiger partial charge on any atom is -0.493 e. The molecule has 2 N–H and O–H groups in total. The average Bonchev–Trinajstić information content (AvgIpc) is 2.53. The highest BCUT2D eigenvalue weighted by atomic mass is 16.3. The molecule has 0 spiro atoms. The number of rotatable bonds is 6. The van der Waals surface area contributed by atoms with E-state index in [-0.39, 0.29) is 11.4 Å². The van der Waals surface area contributed by atoms with Crippen molar-refractivity contribution >= 4 is 5.71 Å². The monoisotopic (exact) mass is 359 g/mol. The van der Waals surface area contributed by atoms with Gasteiger partial charge in [-0.2, -0.15) is 0 Å². The van der Waals surface area contributed by atoms with Crippen molar-refractivity contribution in [1.82, 2.24) is 9.55 Å². The maximum absolute atomic E-state index is 12.4. The van der Waals surface area contributed by atoms with Crippen LogP contribution in [0.3, 0.4) is 0 Å². The first-order chi connectivity index (χ1) is 12.2. The molecule has 26 heavy (non-hydrogen) atoms. The highest BCUT2D eigenvalue weighted by Crippen LogP contribution is 2.20. The third kappa shape index (κ3) is 4.29. The van der Waals surface area contributed by atoms with E-state index in [1.54, 1.807) is 12.1 Å². The summed E-state index contributed by atoms with van der Waals surface area (Å²) < 4.78 is 1.86. The lowest BCUT2D eigenvalue weighted by Gasteiger charge is -2.22. The summed E-state index contributed by atoms with van der Waals surface area (Å²) in [6, 6.07) is 7.17. The van der Waals surface area contributed by atoms with Gasteiger partial charge in [0.2, 0.25) is 5.88 Å². The maximum Gasteiger partial charge on any atom is 0.335 e. The van der Waals surface area contributed by atoms with E-state index in [9.17, 15) is 14.7 Å². The van der Waals surface area contributed by atoms with Gasteiger partial charge in [-0.05, 0) is 25.0 Å². The lowest BCUT2D eigenvalue weighted by Crippen LogP contribution is -2.37. The molecule has 0 unspecified atom stereocenters. The summed E-state index contributed by atoms with van der Waals surface area (Å²) in [4.78, 5) is 31.5. The van der Waals surface area contributed by atoms with E-state index < -0.39 is 11.2 Å². The molecule has 0 saturated heterocycles. The van der Waals surface area contributed by atoms with E-state index in [2.05, 4.69) is 31.1 Å². The summed E-state index contributed by atoms with van der Waals surface area (Å²) >= 11 is 0. The van der Waals surface area contributed by atoms with Crippen LogP contribution in [0.2, 0.25) is 0 Å². The topological polar surface area (TPSA) is 87.4 Å². The van der Waals surface area contributed by atoms with Gasteiger partial charge in [-0.15, -0.1) is 0 Å². The zero-order valence-electron chi connectivity index (χ0n) is 16.0. The SMILES string of the molecule is CCC(=NCC[N+](C)(C)C)c1c(O)n(-c2ccccc2C)c(=O)[nH]c1=O. The second-order valence-corrected chi connectivity index (χ2v) is 7.28. The number of nitrogens with zero attached hydrogens (tertiary/aromatic N) is 3. The number of aliphatic imine (C=N–C) groups is 1. The standard InChI is InChI=1S/C19H26N4O3/c1-6-14(20-11-12-23(3,4)5)16-17(24)21-19(26)22(18(16)25)15-10-8-7-9-13(15)2/h7-10H,6,11-12H2,1-5H3,(H-,20,21,24,25,26)/p+1. The van der Waals surface area contributed by atoms with Gasteiger partial charge in [0.05, 0.1) is 45.6 Å². The van der Waals surface area contributed by atoms with Crippen molar-refractivity contribution in [3.8, 4) is 11.6 Å². The van der Waals surface area contributed by atoms with Crippen LogP contribution >= 0.6 is 0 Å². The molecule has 0 amide bonds. The molecule has 140 valence electrons. The van der Waals surface area contributed by atoms with Crippen LogP contribution < -0.4 is 11.2 Å². The number of likely N-dealkylation sites (N-methyl/N-ethyl adjacent to an activating group) is 1. The van der Waals surface area contributed by atoms with Gasteiger partial charge in [0.15, 0.2) is 0 Å². The van der Waals surface area contributed by atoms with Gasteiger partial charge in [0.25, 0.3) is 5.56 Å². The minimum atomic E-state index is -0.674. The van der Waals surface area contributed by atoms with Crippen LogP contribution in [0.4, 0.5) is 0 Å². The van der Waals surface area contributed by atoms with Crippen molar-refractivity contribution in [2.75, 3.05) is 34.2 Å². The third-order valence-corrected chi connectivity index (χ3v) is 4.14. The Morgan fingerprint density at radius 3 is 2.46 bits per heavy atom. The largest absolute Gasteiger partial charge is 0.493 e. The second-order valence-electron chi connectivity index (χ2n) is 7.28. The van der Waals surface area contributed by atoms with E-state index in [1.807, 2.05) is 26.0 Å². The summed E-state index contributed by atoms with van der Waals surface area (Å²) in [5.74, 6) is -0.376. The first-order valence-electron chi connectivity index (χ1n) is 8.64. The highest BCUT2D eigenvalue weighted by Gasteiger charge is 2.20. The molecule has 7 heteroatoms. The van der Waals surface area contributed by atoms with Crippen LogP contribution in [0.1, 0.15) is 24.5 Å². The molecule has 1 heterocycles. The van der Waals surface area contributed by atoms with Crippen molar-refractivity contribution < 1.29 is 9.59 Å². The number of H-pyrrole nitrogens is 1. The quantitative estimate of drug-likeness (QED) is 0.604. The predicted octanol–water partition coefficient (Wildman–Crippen LogP) is 1.45. The lowest BCUT2D eigenvalue weighted by molar-refractivity contribution is -0.868. The van der Waals surface area contributed by atoms with Crippen molar-refractivity contribution in [3.05, 3.63) is 56.2 Å². The first-order valence-corrected chi connectivity index (χ1v) is 8.64. The Kier molecular flexibility index (Phi) is 5.82. The number of hydrogen-bond donors (Lipinski definition) is 2. The van der Waals surface area contributed by atoms with Crippen LogP contribution in [0.5, 0.6) is 5.88 Å². The Hall–Kier alpha value is -2.67. The number of benzene rings is 1. The molecule has 1 aromatic heterocycles. The third-order valence-electron chi connectivity index (χ3n) is 4.14. The van der Waals surface area contributed by atoms with Gasteiger partial charge in [-0.3, -0.25) is 14.8 Å². The van der Waals surface area contributed by atoms with E-state index in [1.165, 1.54) is 0 Å². The molecule has 0 atom stereocenters. The number of aromatic hydroxyl groups is 1. The van der Waals surface area contributed by atoms with Gasteiger partial charge in [0, 0.05) is 0 Å². The van der Waals surface area contributed by atoms with Gasteiger partial charge in [0.1, 0.15) is 5.56 Å². The summed E-state index contributed by atoms with van der Waals surface area (Å²) in [6.45, 7) is 5.02. The van der Waals surface area contributed by atoms with Crippen molar-refractivity contribution in [1.29, 1.82) is 0 Å². The molecule has 2 aromatic rings. The normalized spacial score (nSPS) is 12.4. The Bertz CT molecular complexity index is 933. The number of aryl methyl sites for hydroxylation is 1. The average molecular weight is 359 g/mol. The predicted molar refractivity (Wildman–Crippen MR) is 104 cm³/mol. The van der Waals surface area contributed by atoms with Gasteiger partial charge < -0.3 is 9.59 Å². The molecule has 0 bridgehead atoms. The number of aromatic amines is 1. The Morgan fingerprint density at radius 1 is 1.23 bits per heavy atom. The van der Waals surface area contributed by atoms with Crippen molar-refractivity contribution in [2.24, 2.45) is 4.99 Å². The number of para-hydroxylation sites is 1. The summed E-state index contributed by atoms with van der Waals surface area (Å²) in [5.41, 5.74) is 0.573. The van der Waals surface area contributed by atoms with Crippen LogP contribution in [-0.2, 0) is 0 Å². The maximum atomic E-state index is 12.4. The van der Waals surface area contributed by atoms with Gasteiger partial charge >= 0.3 is 5.69 Å². The van der Waals surface area contributed by atoms with E-state index in [0.29, 0.717) is 24.4 Å². The summed E-state index contributed by atoms with van der Waals surface area (Å²) in [7, 11) is 6.18. The fourth-order valence-corrected chi connectivity index (χ4v) is 2.68. The molecule has 0 aliphatic heterocycles. The number of hydrogen-bond acceptors (Lipinski definition) is 4. The Labute approximate surface area is 152 Å². The summed E-state index contributed by atoms with van der Waals surface area (Å²) in [5, 5.41) is 10.7. The fraction of sp³-hybridized carbons (Fsp3) is 0.421. The van der Waals surface area contributed by atoms with Crippen LogP contribution in [-0.4, -0.2) is 59.1 Å². The number of aromatic nitrogens is 2. The van der Waals surface area contributed by atoms with Crippen LogP contribution in [0.15, 0.2) is 38.8 Å². The van der Waals surface area contributed by atoms with Crippen LogP contribution in [0, 0.1) is 6.92 Å². The zero-order chi connectivity index (χ0) is 19.5. The summed E-state index contributed by atoms with van der Waals surface area (Å²) in [6.07, 6.45) is 0.472. The molecule has 1 aromatic carbocycles.